The molecule has 0 aliphatic carbocycles. The molecule has 162 valence electrons. The predicted molar refractivity (Wildman–Crippen MR) is 119 cm³/mol. The average Bonchev–Trinajstić information content (AvgIpc) is 2.74. The van der Waals surface area contributed by atoms with Crippen molar-refractivity contribution in [2.24, 2.45) is 0 Å². The molecule has 0 saturated heterocycles. The summed E-state index contributed by atoms with van der Waals surface area (Å²) in [5.74, 6) is -0.932. The Bertz CT molecular complexity index is 1130. The van der Waals surface area contributed by atoms with Crippen molar-refractivity contribution in [3.8, 4) is 0 Å². The van der Waals surface area contributed by atoms with Gasteiger partial charge in [-0.3, -0.25) is 9.78 Å². The van der Waals surface area contributed by atoms with Gasteiger partial charge in [0.05, 0.1) is 6.42 Å². The first kappa shape index (κ1) is 22.5. The number of nitrogens with zero attached hydrogens (tertiary/aromatic N) is 3. The standard InChI is InChI=1S/C23H25N3O4S/c1-25(2)21-10-8-18(9-11-21)16-26(31(29,30)22-7-4-12-24-15-22)17-20-6-3-5-19(13-20)14-23(27)28/h3-13,15H,14,16-17H2,1-2H3,(H,27,28). The minimum Gasteiger partial charge on any atom is -0.481 e. The fourth-order valence-electron chi connectivity index (χ4n) is 3.19. The van der Waals surface area contributed by atoms with Gasteiger partial charge in [0, 0.05) is 45.3 Å². The molecular formula is C23H25N3O4S. The highest BCUT2D eigenvalue weighted by atomic mass is 32.2. The number of sulfonamides is 1. The molecule has 0 amide bonds. The number of aliphatic carboxylic acids is 1. The monoisotopic (exact) mass is 439 g/mol. The van der Waals surface area contributed by atoms with Gasteiger partial charge < -0.3 is 10.0 Å². The van der Waals surface area contributed by atoms with Gasteiger partial charge in [-0.1, -0.05) is 36.4 Å². The van der Waals surface area contributed by atoms with E-state index in [-0.39, 0.29) is 24.4 Å². The quantitative estimate of drug-likeness (QED) is 0.551. The number of hydrogen-bond acceptors (Lipinski definition) is 5. The second-order valence-corrected chi connectivity index (χ2v) is 9.35. The fourth-order valence-corrected chi connectivity index (χ4v) is 4.57. The Labute approximate surface area is 182 Å². The SMILES string of the molecule is CN(C)c1ccc(CN(Cc2cccc(CC(=O)O)c2)S(=O)(=O)c2cccnc2)cc1. The van der Waals surface area contributed by atoms with Crippen LogP contribution < -0.4 is 4.90 Å². The third-order valence-corrected chi connectivity index (χ3v) is 6.56. The Morgan fingerprint density at radius 1 is 0.935 bits per heavy atom. The summed E-state index contributed by atoms with van der Waals surface area (Å²) in [6.07, 6.45) is 2.74. The van der Waals surface area contributed by atoms with E-state index in [0.29, 0.717) is 5.56 Å². The van der Waals surface area contributed by atoms with Crippen LogP contribution in [0.5, 0.6) is 0 Å². The molecule has 2 aromatic carbocycles. The van der Waals surface area contributed by atoms with Crippen LogP contribution in [0.3, 0.4) is 0 Å². The summed E-state index contributed by atoms with van der Waals surface area (Å²) in [6, 6.07) is 17.8. The highest BCUT2D eigenvalue weighted by Crippen LogP contribution is 2.22. The number of pyridine rings is 1. The Balaban J connectivity index is 1.93. The van der Waals surface area contributed by atoms with E-state index in [2.05, 4.69) is 4.98 Å². The van der Waals surface area contributed by atoms with Crippen LogP contribution in [0.2, 0.25) is 0 Å². The van der Waals surface area contributed by atoms with E-state index in [1.807, 2.05) is 43.3 Å². The third kappa shape index (κ3) is 5.90. The molecule has 8 heteroatoms. The summed E-state index contributed by atoms with van der Waals surface area (Å²) in [7, 11) is 0.0698. The van der Waals surface area contributed by atoms with E-state index in [4.69, 9.17) is 5.11 Å². The zero-order valence-electron chi connectivity index (χ0n) is 17.5. The van der Waals surface area contributed by atoms with Gasteiger partial charge in [0.15, 0.2) is 0 Å². The molecule has 0 radical (unpaired) electrons. The van der Waals surface area contributed by atoms with Gasteiger partial charge in [-0.05, 0) is 41.0 Å². The van der Waals surface area contributed by atoms with Crippen LogP contribution in [-0.4, -0.2) is 42.9 Å². The molecule has 31 heavy (non-hydrogen) atoms. The zero-order valence-corrected chi connectivity index (χ0v) is 18.3. The van der Waals surface area contributed by atoms with Crippen LogP contribution in [0.25, 0.3) is 0 Å². The van der Waals surface area contributed by atoms with Gasteiger partial charge >= 0.3 is 5.97 Å². The number of anilines is 1. The number of rotatable bonds is 9. The lowest BCUT2D eigenvalue weighted by Gasteiger charge is -2.23. The van der Waals surface area contributed by atoms with Crippen LogP contribution in [0.4, 0.5) is 5.69 Å². The van der Waals surface area contributed by atoms with Gasteiger partial charge in [0.2, 0.25) is 10.0 Å². The largest absolute Gasteiger partial charge is 0.481 e. The van der Waals surface area contributed by atoms with Crippen molar-refractivity contribution in [3.05, 3.63) is 89.7 Å². The highest BCUT2D eigenvalue weighted by molar-refractivity contribution is 7.89. The normalized spacial score (nSPS) is 11.5. The van der Waals surface area contributed by atoms with Crippen molar-refractivity contribution in [2.45, 2.75) is 24.4 Å². The van der Waals surface area contributed by atoms with E-state index < -0.39 is 16.0 Å². The zero-order chi connectivity index (χ0) is 22.4. The second kappa shape index (κ2) is 9.72. The molecule has 0 spiro atoms. The fraction of sp³-hybridized carbons (Fsp3) is 0.217. The van der Waals surface area contributed by atoms with Crippen molar-refractivity contribution in [1.82, 2.24) is 9.29 Å². The summed E-state index contributed by atoms with van der Waals surface area (Å²) in [5.41, 5.74) is 3.21. The van der Waals surface area contributed by atoms with Crippen molar-refractivity contribution in [1.29, 1.82) is 0 Å². The van der Waals surface area contributed by atoms with Gasteiger partial charge in [0.1, 0.15) is 4.90 Å². The van der Waals surface area contributed by atoms with Crippen LogP contribution in [0.1, 0.15) is 16.7 Å². The number of aromatic nitrogens is 1. The van der Waals surface area contributed by atoms with Crippen LogP contribution >= 0.6 is 0 Å². The number of carboxylic acid groups (broad SMARTS) is 1. The van der Waals surface area contributed by atoms with Crippen molar-refractivity contribution in [3.63, 3.8) is 0 Å². The lowest BCUT2D eigenvalue weighted by Crippen LogP contribution is -2.30. The number of benzene rings is 2. The molecule has 1 N–H and O–H groups in total. The Morgan fingerprint density at radius 3 is 2.23 bits per heavy atom. The predicted octanol–water partition coefficient (Wildman–Crippen LogP) is 3.17. The molecule has 1 aromatic heterocycles. The van der Waals surface area contributed by atoms with Crippen LogP contribution in [0.15, 0.2) is 78.0 Å². The molecule has 0 aliphatic rings. The molecule has 0 unspecified atom stereocenters. The van der Waals surface area contributed by atoms with Crippen molar-refractivity contribution < 1.29 is 18.3 Å². The minimum absolute atomic E-state index is 0.111. The molecular weight excluding hydrogens is 414 g/mol. The molecule has 0 saturated carbocycles. The van der Waals surface area contributed by atoms with E-state index in [9.17, 15) is 13.2 Å². The molecule has 1 heterocycles. The molecule has 3 rings (SSSR count). The van der Waals surface area contributed by atoms with Crippen LogP contribution in [0, 0.1) is 0 Å². The second-order valence-electron chi connectivity index (χ2n) is 7.41. The molecule has 0 fully saturated rings. The maximum Gasteiger partial charge on any atom is 0.307 e. The Hall–Kier alpha value is -3.23. The topological polar surface area (TPSA) is 90.8 Å². The molecule has 0 aliphatic heterocycles. The van der Waals surface area contributed by atoms with Crippen LogP contribution in [-0.2, 0) is 34.3 Å². The lowest BCUT2D eigenvalue weighted by molar-refractivity contribution is -0.136. The first-order chi connectivity index (χ1) is 14.8. The Morgan fingerprint density at radius 2 is 1.61 bits per heavy atom. The van der Waals surface area contributed by atoms with E-state index in [1.165, 1.54) is 22.8 Å². The molecule has 7 nitrogen and oxygen atoms in total. The summed E-state index contributed by atoms with van der Waals surface area (Å²) < 4.78 is 28.1. The summed E-state index contributed by atoms with van der Waals surface area (Å²) in [5, 5.41) is 9.06. The first-order valence-electron chi connectivity index (χ1n) is 9.72. The minimum atomic E-state index is -3.82. The summed E-state index contributed by atoms with van der Waals surface area (Å²) in [4.78, 5) is 17.1. The van der Waals surface area contributed by atoms with E-state index in [1.54, 1.807) is 30.3 Å². The third-order valence-electron chi connectivity index (χ3n) is 4.79. The van der Waals surface area contributed by atoms with Crippen molar-refractivity contribution >= 4 is 21.7 Å². The van der Waals surface area contributed by atoms with Crippen molar-refractivity contribution in [2.75, 3.05) is 19.0 Å². The Kier molecular flexibility index (Phi) is 7.04. The molecule has 0 atom stereocenters. The average molecular weight is 440 g/mol. The van der Waals surface area contributed by atoms with Gasteiger partial charge in [-0.25, -0.2) is 8.42 Å². The maximum atomic E-state index is 13.4. The highest BCUT2D eigenvalue weighted by Gasteiger charge is 2.25. The number of carbonyl (C=O) groups is 1. The van der Waals surface area contributed by atoms with Gasteiger partial charge in [-0.2, -0.15) is 4.31 Å². The van der Waals surface area contributed by atoms with E-state index >= 15 is 0 Å². The van der Waals surface area contributed by atoms with E-state index in [0.717, 1.165) is 16.8 Å². The summed E-state index contributed by atoms with van der Waals surface area (Å²) in [6.45, 7) is 0.286. The molecule has 0 bridgehead atoms. The first-order valence-corrected chi connectivity index (χ1v) is 11.2. The number of carboxylic acids is 1. The lowest BCUT2D eigenvalue weighted by atomic mass is 10.1. The van der Waals surface area contributed by atoms with Gasteiger partial charge in [-0.15, -0.1) is 0 Å². The van der Waals surface area contributed by atoms with Gasteiger partial charge in [0.25, 0.3) is 0 Å². The smallest absolute Gasteiger partial charge is 0.307 e. The number of hydrogen-bond donors (Lipinski definition) is 1. The summed E-state index contributed by atoms with van der Waals surface area (Å²) >= 11 is 0. The molecule has 3 aromatic rings. The maximum absolute atomic E-state index is 13.4.